The zero-order valence-corrected chi connectivity index (χ0v) is 11.6. The van der Waals surface area contributed by atoms with Crippen LogP contribution in [-0.4, -0.2) is 27.0 Å². The third-order valence-electron chi connectivity index (χ3n) is 2.38. The van der Waals surface area contributed by atoms with Crippen molar-refractivity contribution < 1.29 is 17.9 Å². The first-order valence-electron chi connectivity index (χ1n) is 5.35. The van der Waals surface area contributed by atoms with Crippen LogP contribution in [0.3, 0.4) is 0 Å². The van der Waals surface area contributed by atoms with Crippen LogP contribution in [-0.2, 0) is 19.6 Å². The van der Waals surface area contributed by atoms with E-state index in [1.165, 1.54) is 45.2 Å². The summed E-state index contributed by atoms with van der Waals surface area (Å²) in [6.45, 7) is 2.81. The van der Waals surface area contributed by atoms with E-state index in [1.54, 1.807) is 0 Å². The monoisotopic (exact) mass is 282 g/mol. The minimum atomic E-state index is -3.86. The lowest BCUT2D eigenvalue weighted by Crippen LogP contribution is -2.50. The Kier molecular flexibility index (Phi) is 4.29. The second-order valence-electron chi connectivity index (χ2n) is 4.36. The lowest BCUT2D eigenvalue weighted by molar-refractivity contribution is -0.146. The fourth-order valence-corrected chi connectivity index (χ4v) is 2.77. The zero-order valence-electron chi connectivity index (χ0n) is 10.8. The van der Waals surface area contributed by atoms with Gasteiger partial charge in [-0.3, -0.25) is 4.79 Å². The second-order valence-corrected chi connectivity index (χ2v) is 6.04. The minimum Gasteiger partial charge on any atom is -0.468 e. The highest BCUT2D eigenvalue weighted by atomic mass is 32.2. The van der Waals surface area contributed by atoms with Crippen molar-refractivity contribution in [2.75, 3.05) is 7.11 Å². The maximum atomic E-state index is 12.1. The summed E-state index contributed by atoms with van der Waals surface area (Å²) >= 11 is 0. The van der Waals surface area contributed by atoms with E-state index in [0.29, 0.717) is 5.56 Å². The number of methoxy groups -OCH3 is 1. The van der Waals surface area contributed by atoms with Gasteiger partial charge < -0.3 is 4.74 Å². The molecule has 0 aliphatic carbocycles. The Morgan fingerprint density at radius 3 is 2.26 bits per heavy atom. The molecule has 0 heterocycles. The van der Waals surface area contributed by atoms with E-state index in [0.717, 1.165) is 0 Å². The molecule has 0 aliphatic rings. The van der Waals surface area contributed by atoms with Crippen LogP contribution in [0, 0.1) is 11.3 Å². The van der Waals surface area contributed by atoms with E-state index >= 15 is 0 Å². The average molecular weight is 282 g/mol. The number of nitriles is 1. The van der Waals surface area contributed by atoms with Gasteiger partial charge in [-0.2, -0.15) is 9.98 Å². The van der Waals surface area contributed by atoms with Crippen molar-refractivity contribution in [1.29, 1.82) is 5.26 Å². The average Bonchev–Trinajstić information content (AvgIpc) is 2.36. The summed E-state index contributed by atoms with van der Waals surface area (Å²) in [5.74, 6) is -0.690. The molecule has 0 saturated heterocycles. The Bertz CT molecular complexity index is 612. The SMILES string of the molecule is COC(=O)C(C)(C)NS(=O)(=O)c1ccc(C#N)cc1. The fraction of sp³-hybridized carbons (Fsp3) is 0.333. The summed E-state index contributed by atoms with van der Waals surface area (Å²) in [5, 5.41) is 8.65. The molecule has 0 fully saturated rings. The minimum absolute atomic E-state index is 0.0246. The molecule has 1 N–H and O–H groups in total. The molecule has 1 aromatic rings. The lowest BCUT2D eigenvalue weighted by atomic mass is 10.1. The molecule has 0 spiro atoms. The van der Waals surface area contributed by atoms with Crippen LogP contribution >= 0.6 is 0 Å². The summed E-state index contributed by atoms with van der Waals surface area (Å²) in [7, 11) is -2.68. The van der Waals surface area contributed by atoms with Gasteiger partial charge >= 0.3 is 5.97 Å². The summed E-state index contributed by atoms with van der Waals surface area (Å²) < 4.78 is 30.9. The molecule has 0 amide bonds. The van der Waals surface area contributed by atoms with Gasteiger partial charge in [0.05, 0.1) is 23.6 Å². The van der Waals surface area contributed by atoms with Crippen LogP contribution in [0.5, 0.6) is 0 Å². The molecule has 0 atom stereocenters. The summed E-state index contributed by atoms with van der Waals surface area (Å²) in [5.41, 5.74) is -1.02. The Hall–Kier alpha value is -1.91. The van der Waals surface area contributed by atoms with Crippen LogP contribution in [0.4, 0.5) is 0 Å². The zero-order chi connectivity index (χ0) is 14.7. The molecule has 0 saturated carbocycles. The van der Waals surface area contributed by atoms with Crippen LogP contribution in [0.2, 0.25) is 0 Å². The molecule has 0 radical (unpaired) electrons. The first-order chi connectivity index (χ1) is 8.73. The van der Waals surface area contributed by atoms with Gasteiger partial charge in [-0.25, -0.2) is 8.42 Å². The molecular weight excluding hydrogens is 268 g/mol. The van der Waals surface area contributed by atoms with E-state index in [2.05, 4.69) is 9.46 Å². The van der Waals surface area contributed by atoms with E-state index in [-0.39, 0.29) is 4.90 Å². The number of ether oxygens (including phenoxy) is 1. The number of carbonyl (C=O) groups is 1. The predicted molar refractivity (Wildman–Crippen MR) is 67.6 cm³/mol. The Balaban J connectivity index is 3.05. The predicted octanol–water partition coefficient (Wildman–Crippen LogP) is 0.788. The van der Waals surface area contributed by atoms with Gasteiger partial charge in [0.25, 0.3) is 0 Å². The van der Waals surface area contributed by atoms with E-state index in [4.69, 9.17) is 5.26 Å². The van der Waals surface area contributed by atoms with Gasteiger partial charge in [-0.05, 0) is 38.1 Å². The van der Waals surface area contributed by atoms with Crippen LogP contribution in [0.1, 0.15) is 19.4 Å². The molecule has 1 rings (SSSR count). The summed E-state index contributed by atoms with van der Waals surface area (Å²) in [6, 6.07) is 7.27. The number of rotatable bonds is 4. The molecule has 0 unspecified atom stereocenters. The molecule has 7 heteroatoms. The van der Waals surface area contributed by atoms with Crippen molar-refractivity contribution in [3.05, 3.63) is 29.8 Å². The van der Waals surface area contributed by atoms with E-state index in [9.17, 15) is 13.2 Å². The number of hydrogen-bond acceptors (Lipinski definition) is 5. The van der Waals surface area contributed by atoms with E-state index < -0.39 is 21.5 Å². The number of hydrogen-bond donors (Lipinski definition) is 1. The van der Waals surface area contributed by atoms with Crippen LogP contribution in [0.25, 0.3) is 0 Å². The Morgan fingerprint density at radius 1 is 1.32 bits per heavy atom. The Morgan fingerprint density at radius 2 is 1.84 bits per heavy atom. The van der Waals surface area contributed by atoms with Crippen molar-refractivity contribution in [1.82, 2.24) is 4.72 Å². The molecule has 0 aromatic heterocycles. The summed E-state index contributed by atoms with van der Waals surface area (Å²) in [6.07, 6.45) is 0. The van der Waals surface area contributed by atoms with Gasteiger partial charge in [-0.15, -0.1) is 0 Å². The highest BCUT2D eigenvalue weighted by Gasteiger charge is 2.34. The fourth-order valence-electron chi connectivity index (χ4n) is 1.40. The number of esters is 1. The smallest absolute Gasteiger partial charge is 0.326 e. The lowest BCUT2D eigenvalue weighted by Gasteiger charge is -2.22. The van der Waals surface area contributed by atoms with E-state index in [1.807, 2.05) is 6.07 Å². The highest BCUT2D eigenvalue weighted by molar-refractivity contribution is 7.89. The molecule has 0 bridgehead atoms. The van der Waals surface area contributed by atoms with Crippen LogP contribution in [0.15, 0.2) is 29.2 Å². The van der Waals surface area contributed by atoms with Crippen molar-refractivity contribution in [3.63, 3.8) is 0 Å². The number of sulfonamides is 1. The highest BCUT2D eigenvalue weighted by Crippen LogP contribution is 2.14. The second kappa shape index (κ2) is 5.38. The Labute approximate surface area is 112 Å². The van der Waals surface area contributed by atoms with Gasteiger partial charge in [-0.1, -0.05) is 0 Å². The molecule has 102 valence electrons. The first-order valence-corrected chi connectivity index (χ1v) is 6.84. The number of nitrogens with zero attached hydrogens (tertiary/aromatic N) is 1. The number of carbonyl (C=O) groups excluding carboxylic acids is 1. The van der Waals surface area contributed by atoms with Crippen molar-refractivity contribution in [3.8, 4) is 6.07 Å². The van der Waals surface area contributed by atoms with Gasteiger partial charge in [0.1, 0.15) is 5.54 Å². The maximum Gasteiger partial charge on any atom is 0.326 e. The molecular formula is C12H14N2O4S. The molecule has 6 nitrogen and oxygen atoms in total. The van der Waals surface area contributed by atoms with Gasteiger partial charge in [0.2, 0.25) is 10.0 Å². The number of benzene rings is 1. The van der Waals surface area contributed by atoms with Gasteiger partial charge in [0, 0.05) is 0 Å². The summed E-state index contributed by atoms with van der Waals surface area (Å²) in [4.78, 5) is 11.4. The maximum absolute atomic E-state index is 12.1. The first kappa shape index (κ1) is 15.1. The topological polar surface area (TPSA) is 96.3 Å². The molecule has 0 aliphatic heterocycles. The quantitative estimate of drug-likeness (QED) is 0.823. The van der Waals surface area contributed by atoms with Crippen LogP contribution < -0.4 is 4.72 Å². The largest absolute Gasteiger partial charge is 0.468 e. The standard InChI is InChI=1S/C12H14N2O4S/c1-12(2,11(15)18-3)14-19(16,17)10-6-4-9(8-13)5-7-10/h4-7,14H,1-3H3. The molecule has 1 aromatic carbocycles. The van der Waals surface area contributed by atoms with Gasteiger partial charge in [0.15, 0.2) is 0 Å². The third-order valence-corrected chi connectivity index (χ3v) is 4.05. The van der Waals surface area contributed by atoms with Crippen molar-refractivity contribution >= 4 is 16.0 Å². The third kappa shape index (κ3) is 3.53. The molecule has 19 heavy (non-hydrogen) atoms. The van der Waals surface area contributed by atoms with Crippen molar-refractivity contribution in [2.24, 2.45) is 0 Å². The normalized spacial score (nSPS) is 11.7. The number of nitrogens with one attached hydrogen (secondary N) is 1. The van der Waals surface area contributed by atoms with Crippen molar-refractivity contribution in [2.45, 2.75) is 24.3 Å².